The lowest BCUT2D eigenvalue weighted by atomic mass is 9.82. The Labute approximate surface area is 171 Å². The SMILES string of the molecule is Cc1cc2c(s1)[C@]1(CCN(Cc3cnn(CCS(C)(=O)=O)c3)[C@H](C)C1)OCC2. The number of rotatable bonds is 5. The molecule has 2 aromatic rings. The van der Waals surface area contributed by atoms with Gasteiger partial charge in [0.15, 0.2) is 0 Å². The molecule has 1 saturated heterocycles. The Morgan fingerprint density at radius 3 is 3.00 bits per heavy atom. The number of piperidine rings is 1. The van der Waals surface area contributed by atoms with Crippen LogP contribution in [0, 0.1) is 6.92 Å². The summed E-state index contributed by atoms with van der Waals surface area (Å²) in [5.74, 6) is 0.122. The Bertz CT molecular complexity index is 950. The number of nitrogens with zero attached hydrogens (tertiary/aromatic N) is 3. The quantitative estimate of drug-likeness (QED) is 0.740. The van der Waals surface area contributed by atoms with Crippen LogP contribution in [0.1, 0.15) is 40.6 Å². The molecule has 0 N–H and O–H groups in total. The highest BCUT2D eigenvalue weighted by atomic mass is 32.2. The van der Waals surface area contributed by atoms with E-state index < -0.39 is 9.84 Å². The summed E-state index contributed by atoms with van der Waals surface area (Å²) in [5, 5.41) is 4.33. The van der Waals surface area contributed by atoms with Crippen molar-refractivity contribution >= 4 is 21.2 Å². The zero-order chi connectivity index (χ0) is 19.9. The van der Waals surface area contributed by atoms with E-state index in [0.29, 0.717) is 12.6 Å². The first-order valence-corrected chi connectivity index (χ1v) is 12.8. The van der Waals surface area contributed by atoms with Crippen molar-refractivity contribution < 1.29 is 13.2 Å². The Kier molecular flexibility index (Phi) is 5.41. The highest BCUT2D eigenvalue weighted by Crippen LogP contribution is 2.47. The van der Waals surface area contributed by atoms with E-state index in [1.165, 1.54) is 21.6 Å². The lowest BCUT2D eigenvalue weighted by molar-refractivity contribution is -0.110. The van der Waals surface area contributed by atoms with E-state index in [9.17, 15) is 8.42 Å². The summed E-state index contributed by atoms with van der Waals surface area (Å²) in [7, 11) is -2.97. The van der Waals surface area contributed by atoms with Crippen molar-refractivity contribution in [3.05, 3.63) is 39.3 Å². The summed E-state index contributed by atoms with van der Waals surface area (Å²) in [6.45, 7) is 7.54. The van der Waals surface area contributed by atoms with Gasteiger partial charge in [-0.15, -0.1) is 11.3 Å². The fourth-order valence-corrected chi connectivity index (χ4v) is 6.25. The number of hydrogen-bond donors (Lipinski definition) is 0. The molecule has 1 fully saturated rings. The molecule has 154 valence electrons. The van der Waals surface area contributed by atoms with E-state index >= 15 is 0 Å². The first kappa shape index (κ1) is 20.1. The van der Waals surface area contributed by atoms with E-state index in [1.54, 1.807) is 4.68 Å². The number of aryl methyl sites for hydroxylation is 2. The van der Waals surface area contributed by atoms with Crippen molar-refractivity contribution in [2.24, 2.45) is 0 Å². The lowest BCUT2D eigenvalue weighted by Gasteiger charge is -2.47. The van der Waals surface area contributed by atoms with Gasteiger partial charge in [-0.25, -0.2) is 8.42 Å². The van der Waals surface area contributed by atoms with Crippen LogP contribution in [0.4, 0.5) is 0 Å². The third-order valence-corrected chi connectivity index (χ3v) is 8.11. The number of aromatic nitrogens is 2. The summed E-state index contributed by atoms with van der Waals surface area (Å²) in [5.41, 5.74) is 2.51. The van der Waals surface area contributed by atoms with Gasteiger partial charge in [-0.3, -0.25) is 9.58 Å². The van der Waals surface area contributed by atoms with E-state index in [2.05, 4.69) is 29.9 Å². The van der Waals surface area contributed by atoms with Crippen molar-refractivity contribution in [3.63, 3.8) is 0 Å². The molecule has 2 aliphatic rings. The number of thiophene rings is 1. The number of hydrogen-bond acceptors (Lipinski definition) is 6. The van der Waals surface area contributed by atoms with Crippen molar-refractivity contribution in [1.82, 2.24) is 14.7 Å². The minimum absolute atomic E-state index is 0.109. The molecule has 8 heteroatoms. The van der Waals surface area contributed by atoms with Crippen LogP contribution in [0.5, 0.6) is 0 Å². The summed E-state index contributed by atoms with van der Waals surface area (Å²) in [4.78, 5) is 5.32. The Hall–Kier alpha value is -1.22. The molecule has 0 radical (unpaired) electrons. The average molecular weight is 424 g/mol. The zero-order valence-electron chi connectivity index (χ0n) is 16.8. The molecule has 1 spiro atoms. The van der Waals surface area contributed by atoms with Gasteiger partial charge in [0.05, 0.1) is 25.1 Å². The zero-order valence-corrected chi connectivity index (χ0v) is 18.5. The van der Waals surface area contributed by atoms with Crippen LogP contribution in [0.2, 0.25) is 0 Å². The molecule has 6 nitrogen and oxygen atoms in total. The van der Waals surface area contributed by atoms with Gasteiger partial charge in [0.2, 0.25) is 0 Å². The molecule has 0 saturated carbocycles. The predicted octanol–water partition coefficient (Wildman–Crippen LogP) is 2.75. The van der Waals surface area contributed by atoms with Gasteiger partial charge in [0.1, 0.15) is 15.4 Å². The number of ether oxygens (including phenoxy) is 1. The second-order valence-corrected chi connectivity index (χ2v) is 11.8. The molecule has 2 atom stereocenters. The van der Waals surface area contributed by atoms with E-state index in [0.717, 1.165) is 44.5 Å². The molecule has 28 heavy (non-hydrogen) atoms. The van der Waals surface area contributed by atoms with Crippen LogP contribution in [0.25, 0.3) is 0 Å². The molecule has 2 aromatic heterocycles. The summed E-state index contributed by atoms with van der Waals surface area (Å²) >= 11 is 1.91. The highest BCUT2D eigenvalue weighted by Gasteiger charge is 2.44. The predicted molar refractivity (Wildman–Crippen MR) is 111 cm³/mol. The van der Waals surface area contributed by atoms with Crippen molar-refractivity contribution in [2.75, 3.05) is 25.2 Å². The Morgan fingerprint density at radius 1 is 1.43 bits per heavy atom. The second kappa shape index (κ2) is 7.55. The Balaban J connectivity index is 1.41. The number of sulfone groups is 1. The molecule has 0 aliphatic carbocycles. The molecule has 4 rings (SSSR count). The molecule has 0 bridgehead atoms. The minimum atomic E-state index is -2.97. The largest absolute Gasteiger partial charge is 0.369 e. The Morgan fingerprint density at radius 2 is 2.25 bits per heavy atom. The summed E-state index contributed by atoms with van der Waals surface area (Å²) in [6.07, 6.45) is 8.16. The van der Waals surface area contributed by atoms with Gasteiger partial charge in [0, 0.05) is 46.9 Å². The third-order valence-electron chi connectivity index (χ3n) is 5.91. The molecule has 0 amide bonds. The lowest BCUT2D eigenvalue weighted by Crippen LogP contribution is -2.49. The van der Waals surface area contributed by atoms with Crippen LogP contribution in [-0.4, -0.2) is 54.3 Å². The number of fused-ring (bicyclic) bond motifs is 2. The van der Waals surface area contributed by atoms with Gasteiger partial charge < -0.3 is 4.74 Å². The van der Waals surface area contributed by atoms with Crippen molar-refractivity contribution in [1.29, 1.82) is 0 Å². The van der Waals surface area contributed by atoms with E-state index in [1.807, 2.05) is 23.7 Å². The monoisotopic (exact) mass is 423 g/mol. The van der Waals surface area contributed by atoms with Crippen molar-refractivity contribution in [2.45, 2.75) is 57.8 Å². The van der Waals surface area contributed by atoms with Gasteiger partial charge in [-0.2, -0.15) is 5.10 Å². The first-order chi connectivity index (χ1) is 13.2. The topological polar surface area (TPSA) is 64.4 Å². The van der Waals surface area contributed by atoms with Crippen molar-refractivity contribution in [3.8, 4) is 0 Å². The molecule has 4 heterocycles. The fraction of sp³-hybridized carbons (Fsp3) is 0.650. The maximum atomic E-state index is 11.3. The first-order valence-electron chi connectivity index (χ1n) is 9.91. The average Bonchev–Trinajstić information content (AvgIpc) is 3.22. The standard InChI is InChI=1S/C20H29N3O3S2/c1-15-11-20(19-18(4-8-26-20)10-16(2)27-19)5-6-22(15)13-17-12-21-23(14-17)7-9-28(3,24)25/h10,12,14-15H,4-9,11,13H2,1-3H3/t15-,20-/m1/s1. The summed E-state index contributed by atoms with van der Waals surface area (Å²) < 4.78 is 30.8. The normalized spacial score (nSPS) is 25.9. The second-order valence-electron chi connectivity index (χ2n) is 8.32. The van der Waals surface area contributed by atoms with Gasteiger partial charge >= 0.3 is 0 Å². The molecule has 0 unspecified atom stereocenters. The maximum absolute atomic E-state index is 11.3. The molecule has 2 aliphatic heterocycles. The van der Waals surface area contributed by atoms with Crippen LogP contribution in [-0.2, 0) is 39.7 Å². The van der Waals surface area contributed by atoms with Crippen LogP contribution >= 0.6 is 11.3 Å². The fourth-order valence-electron chi connectivity index (χ4n) is 4.49. The van der Waals surface area contributed by atoms with E-state index in [4.69, 9.17) is 4.74 Å². The smallest absolute Gasteiger partial charge is 0.149 e. The van der Waals surface area contributed by atoms with Crippen LogP contribution in [0.3, 0.4) is 0 Å². The minimum Gasteiger partial charge on any atom is -0.369 e. The van der Waals surface area contributed by atoms with Gasteiger partial charge in [-0.1, -0.05) is 0 Å². The maximum Gasteiger partial charge on any atom is 0.149 e. The van der Waals surface area contributed by atoms with Gasteiger partial charge in [0.25, 0.3) is 0 Å². The molecular weight excluding hydrogens is 394 g/mol. The summed E-state index contributed by atoms with van der Waals surface area (Å²) in [6, 6.07) is 2.76. The molecular formula is C20H29N3O3S2. The van der Waals surface area contributed by atoms with Crippen LogP contribution < -0.4 is 0 Å². The number of likely N-dealkylation sites (tertiary alicyclic amines) is 1. The third kappa shape index (κ3) is 4.20. The van der Waals surface area contributed by atoms with Crippen LogP contribution in [0.15, 0.2) is 18.5 Å². The van der Waals surface area contributed by atoms with Gasteiger partial charge in [-0.05, 0) is 44.7 Å². The highest BCUT2D eigenvalue weighted by molar-refractivity contribution is 7.90. The molecule has 0 aromatic carbocycles. The van der Waals surface area contributed by atoms with E-state index in [-0.39, 0.29) is 11.4 Å².